The van der Waals surface area contributed by atoms with Crippen LogP contribution in [0.25, 0.3) is 0 Å². The molecule has 2 fully saturated rings. The van der Waals surface area contributed by atoms with E-state index in [0.717, 1.165) is 24.9 Å². The van der Waals surface area contributed by atoms with E-state index in [0.29, 0.717) is 50.6 Å². The molecule has 3 atom stereocenters. The van der Waals surface area contributed by atoms with Crippen LogP contribution in [0.5, 0.6) is 0 Å². The zero-order valence-electron chi connectivity index (χ0n) is 27.9. The SMILES string of the molecule is COC(=O)N(C(=O)[C@@H](N)[C@H](CCC1CCOCC1)c1ccc(Cl)c(F)c1)c1cccc(F)c1CC[C@H]1CNCCN1S(=O)(=O)c1ccccc1. The number of halogens is 3. The van der Waals surface area contributed by atoms with E-state index in [1.54, 1.807) is 24.3 Å². The molecule has 50 heavy (non-hydrogen) atoms. The Morgan fingerprint density at radius 1 is 1.06 bits per heavy atom. The summed E-state index contributed by atoms with van der Waals surface area (Å²) in [6.07, 6.45) is 1.86. The van der Waals surface area contributed by atoms with Crippen LogP contribution in [0.15, 0.2) is 71.6 Å². The van der Waals surface area contributed by atoms with Gasteiger partial charge in [-0.15, -0.1) is 0 Å². The summed E-state index contributed by atoms with van der Waals surface area (Å²) in [5, 5.41) is 3.13. The third-order valence-corrected chi connectivity index (χ3v) is 11.9. The first-order valence-electron chi connectivity index (χ1n) is 16.8. The van der Waals surface area contributed by atoms with Crippen molar-refractivity contribution in [1.82, 2.24) is 9.62 Å². The fraction of sp³-hybridized carbons (Fsp3) is 0.444. The molecule has 2 aliphatic rings. The van der Waals surface area contributed by atoms with Gasteiger partial charge in [-0.05, 0) is 86.4 Å². The highest BCUT2D eigenvalue weighted by Gasteiger charge is 2.38. The minimum atomic E-state index is -3.85. The number of carbonyl (C=O) groups excluding carboxylic acids is 2. The Hall–Kier alpha value is -3.46. The fourth-order valence-corrected chi connectivity index (χ4v) is 8.61. The molecular weight excluding hydrogens is 690 g/mol. The van der Waals surface area contributed by atoms with Gasteiger partial charge < -0.3 is 20.5 Å². The number of nitrogens with zero attached hydrogens (tertiary/aromatic N) is 2. The first-order chi connectivity index (χ1) is 24.0. The molecule has 2 aliphatic heterocycles. The predicted molar refractivity (Wildman–Crippen MR) is 187 cm³/mol. The number of nitrogens with two attached hydrogens (primary N) is 1. The zero-order chi connectivity index (χ0) is 35.8. The van der Waals surface area contributed by atoms with Gasteiger partial charge in [-0.2, -0.15) is 4.31 Å². The van der Waals surface area contributed by atoms with Crippen LogP contribution >= 0.6 is 11.6 Å². The second kappa shape index (κ2) is 17.2. The second-order valence-corrected chi connectivity index (χ2v) is 14.9. The standard InChI is InChI=1S/C36H43ClF2N4O6S/c1-48-36(45)43(35(44)34(40)28(13-10-24-16-20-49-21-17-24)25-11-15-30(37)32(39)22-25)33-9-5-8-31(38)29(33)14-12-26-23-41-18-19-42(26)50(46,47)27-6-3-2-4-7-27/h2-9,11,15,22,24,26,28,34,41H,10,12-14,16-21,23,40H2,1H3/t26-,28+,34-/m0/s1. The lowest BCUT2D eigenvalue weighted by atomic mass is 9.83. The molecule has 0 radical (unpaired) electrons. The second-order valence-electron chi connectivity index (χ2n) is 12.6. The Bertz CT molecular complexity index is 1750. The van der Waals surface area contributed by atoms with Gasteiger partial charge in [0.25, 0.3) is 5.91 Å². The molecule has 14 heteroatoms. The monoisotopic (exact) mass is 732 g/mol. The minimum Gasteiger partial charge on any atom is -0.452 e. The molecular formula is C36H43ClF2N4O6S. The molecule has 0 bridgehead atoms. The number of piperazine rings is 1. The summed E-state index contributed by atoms with van der Waals surface area (Å²) in [7, 11) is -2.75. The highest BCUT2D eigenvalue weighted by molar-refractivity contribution is 7.89. The Labute approximate surface area is 296 Å². The molecule has 3 aromatic rings. The van der Waals surface area contributed by atoms with E-state index < -0.39 is 51.7 Å². The molecule has 10 nitrogen and oxygen atoms in total. The third-order valence-electron chi connectivity index (χ3n) is 9.60. The van der Waals surface area contributed by atoms with E-state index in [2.05, 4.69) is 5.32 Å². The number of imide groups is 1. The molecule has 0 aromatic heterocycles. The highest BCUT2D eigenvalue weighted by atomic mass is 35.5. The van der Waals surface area contributed by atoms with E-state index >= 15 is 4.39 Å². The van der Waals surface area contributed by atoms with E-state index in [-0.39, 0.29) is 40.6 Å². The molecule has 2 saturated heterocycles. The van der Waals surface area contributed by atoms with E-state index in [1.807, 2.05) is 0 Å². The van der Waals surface area contributed by atoms with Crippen molar-refractivity contribution in [3.8, 4) is 0 Å². The maximum Gasteiger partial charge on any atom is 0.420 e. The lowest BCUT2D eigenvalue weighted by Crippen LogP contribution is -2.53. The Morgan fingerprint density at radius 3 is 2.50 bits per heavy atom. The zero-order valence-corrected chi connectivity index (χ0v) is 29.5. The van der Waals surface area contributed by atoms with Gasteiger partial charge in [0.2, 0.25) is 10.0 Å². The number of methoxy groups -OCH3 is 1. The molecule has 0 unspecified atom stereocenters. The number of anilines is 1. The Morgan fingerprint density at radius 2 is 1.80 bits per heavy atom. The molecule has 2 amide bonds. The molecule has 3 N–H and O–H groups in total. The first-order valence-corrected chi connectivity index (χ1v) is 18.6. The number of nitrogens with one attached hydrogen (secondary N) is 1. The summed E-state index contributed by atoms with van der Waals surface area (Å²) < 4.78 is 69.4. The molecule has 0 saturated carbocycles. The van der Waals surface area contributed by atoms with E-state index in [4.69, 9.17) is 26.8 Å². The van der Waals surface area contributed by atoms with Crippen molar-refractivity contribution in [1.29, 1.82) is 0 Å². The van der Waals surface area contributed by atoms with Gasteiger partial charge in [0.1, 0.15) is 11.6 Å². The van der Waals surface area contributed by atoms with Crippen molar-refractivity contribution in [3.05, 3.63) is 94.5 Å². The van der Waals surface area contributed by atoms with Crippen LogP contribution < -0.4 is 16.0 Å². The van der Waals surface area contributed by atoms with Crippen molar-refractivity contribution in [3.63, 3.8) is 0 Å². The lowest BCUT2D eigenvalue weighted by Gasteiger charge is -2.35. The van der Waals surface area contributed by atoms with Crippen molar-refractivity contribution >= 4 is 39.3 Å². The molecule has 0 spiro atoms. The normalized spacial score (nSPS) is 18.7. The van der Waals surface area contributed by atoms with Crippen LogP contribution in [0, 0.1) is 17.6 Å². The highest BCUT2D eigenvalue weighted by Crippen LogP contribution is 2.34. The van der Waals surface area contributed by atoms with Crippen LogP contribution in [0.3, 0.4) is 0 Å². The summed E-state index contributed by atoms with van der Waals surface area (Å²) >= 11 is 5.97. The van der Waals surface area contributed by atoms with Crippen molar-refractivity contribution < 1.29 is 36.3 Å². The van der Waals surface area contributed by atoms with Crippen LogP contribution in [0.4, 0.5) is 19.3 Å². The smallest absolute Gasteiger partial charge is 0.420 e. The molecule has 0 aliphatic carbocycles. The van der Waals surface area contributed by atoms with Gasteiger partial charge in [0, 0.05) is 50.4 Å². The Balaban J connectivity index is 1.43. The van der Waals surface area contributed by atoms with Gasteiger partial charge in [-0.25, -0.2) is 26.9 Å². The number of benzene rings is 3. The van der Waals surface area contributed by atoms with Crippen molar-refractivity contribution in [2.75, 3.05) is 44.9 Å². The van der Waals surface area contributed by atoms with E-state index in [1.165, 1.54) is 46.8 Å². The summed E-state index contributed by atoms with van der Waals surface area (Å²) in [6.45, 7) is 2.24. The number of hydrogen-bond donors (Lipinski definition) is 2. The third kappa shape index (κ3) is 8.70. The number of amides is 2. The van der Waals surface area contributed by atoms with Gasteiger partial charge in [-0.3, -0.25) is 4.79 Å². The predicted octanol–water partition coefficient (Wildman–Crippen LogP) is 5.63. The maximum absolute atomic E-state index is 15.7. The van der Waals surface area contributed by atoms with Crippen LogP contribution in [-0.4, -0.2) is 76.8 Å². The van der Waals surface area contributed by atoms with Crippen LogP contribution in [0.1, 0.15) is 49.1 Å². The lowest BCUT2D eigenvalue weighted by molar-refractivity contribution is -0.120. The van der Waals surface area contributed by atoms with Crippen LogP contribution in [0.2, 0.25) is 5.02 Å². The molecule has 270 valence electrons. The van der Waals surface area contributed by atoms with Crippen molar-refractivity contribution in [2.45, 2.75) is 61.4 Å². The quantitative estimate of drug-likeness (QED) is 0.245. The molecule has 3 aromatic carbocycles. The number of carbonyl (C=O) groups is 2. The topological polar surface area (TPSA) is 131 Å². The fourth-order valence-electron chi connectivity index (χ4n) is 6.81. The average molecular weight is 733 g/mol. The van der Waals surface area contributed by atoms with Gasteiger partial charge >= 0.3 is 6.09 Å². The summed E-state index contributed by atoms with van der Waals surface area (Å²) in [6, 6.07) is 14.5. The number of rotatable bonds is 12. The summed E-state index contributed by atoms with van der Waals surface area (Å²) in [5.74, 6) is -2.61. The van der Waals surface area contributed by atoms with E-state index in [9.17, 15) is 22.4 Å². The maximum atomic E-state index is 15.7. The van der Waals surface area contributed by atoms with Gasteiger partial charge in [-0.1, -0.05) is 41.9 Å². The number of sulfonamides is 1. The minimum absolute atomic E-state index is 0.0131. The van der Waals surface area contributed by atoms with Crippen molar-refractivity contribution in [2.24, 2.45) is 11.7 Å². The van der Waals surface area contributed by atoms with Gasteiger partial charge in [0.15, 0.2) is 0 Å². The van der Waals surface area contributed by atoms with Gasteiger partial charge in [0.05, 0.1) is 28.8 Å². The average Bonchev–Trinajstić information content (AvgIpc) is 3.13. The first kappa shape index (κ1) is 37.8. The Kier molecular flexibility index (Phi) is 13.0. The molecule has 2 heterocycles. The number of hydrogen-bond acceptors (Lipinski definition) is 8. The summed E-state index contributed by atoms with van der Waals surface area (Å²) in [4.78, 5) is 28.5. The largest absolute Gasteiger partial charge is 0.452 e. The molecule has 5 rings (SSSR count). The van der Waals surface area contributed by atoms with Crippen LogP contribution in [-0.2, 0) is 30.7 Å². The number of ether oxygens (including phenoxy) is 2. The summed E-state index contributed by atoms with van der Waals surface area (Å²) in [5.41, 5.74) is 7.07.